The van der Waals surface area contributed by atoms with Crippen molar-refractivity contribution in [1.29, 1.82) is 0 Å². The molecule has 0 bridgehead atoms. The fraction of sp³-hybridized carbons (Fsp3) is 0.455. The zero-order valence-corrected chi connectivity index (χ0v) is 20.9. The molecule has 2 aliphatic heterocycles. The Bertz CT molecular complexity index is 1080. The van der Waals surface area contributed by atoms with Crippen molar-refractivity contribution in [3.63, 3.8) is 0 Å². The first-order chi connectivity index (χ1) is 19.2. The van der Waals surface area contributed by atoms with Crippen LogP contribution in [0.15, 0.2) is 43.0 Å². The van der Waals surface area contributed by atoms with Crippen LogP contribution in [0.5, 0.6) is 0 Å². The second kappa shape index (κ2) is 15.1. The van der Waals surface area contributed by atoms with Gasteiger partial charge in [0.1, 0.15) is 0 Å². The number of carboxylic acid groups (broad SMARTS) is 3. The SMILES string of the molecule is O=C(O)C(F)(F)F.O=C(O)C(F)(F)F.O=C(O)C(F)(F)F.c1cnc(N2CC3CN(Cc4cccnc4)CC3C2)nc1. The number of hydrogen-bond donors (Lipinski definition) is 3. The van der Waals surface area contributed by atoms with Crippen LogP contribution in [0.4, 0.5) is 45.5 Å². The Labute approximate surface area is 230 Å². The molecule has 0 amide bonds. The molecule has 20 heteroatoms. The van der Waals surface area contributed by atoms with E-state index in [1.165, 1.54) is 18.7 Å². The minimum absolute atomic E-state index is 0.741. The molecule has 2 saturated heterocycles. The second-order valence-electron chi connectivity index (χ2n) is 8.44. The topological polar surface area (TPSA) is 157 Å². The number of aromatic nitrogens is 3. The van der Waals surface area contributed by atoms with Crippen LogP contribution in [0.1, 0.15) is 5.56 Å². The van der Waals surface area contributed by atoms with Gasteiger partial charge in [-0.2, -0.15) is 39.5 Å². The first-order valence-electron chi connectivity index (χ1n) is 11.2. The highest BCUT2D eigenvalue weighted by atomic mass is 19.4. The third kappa shape index (κ3) is 13.0. The number of carbonyl (C=O) groups is 3. The maximum absolute atomic E-state index is 10.6. The molecule has 2 aromatic heterocycles. The molecule has 2 aromatic rings. The number of nitrogens with zero attached hydrogens (tertiary/aromatic N) is 5. The van der Waals surface area contributed by atoms with Crippen molar-refractivity contribution < 1.29 is 69.2 Å². The van der Waals surface area contributed by atoms with Gasteiger partial charge in [-0.3, -0.25) is 9.88 Å². The van der Waals surface area contributed by atoms with Gasteiger partial charge < -0.3 is 20.2 Å². The lowest BCUT2D eigenvalue weighted by Crippen LogP contribution is -2.29. The average molecular weight is 623 g/mol. The minimum Gasteiger partial charge on any atom is -0.475 e. The number of alkyl halides is 9. The smallest absolute Gasteiger partial charge is 0.475 e. The van der Waals surface area contributed by atoms with Crippen molar-refractivity contribution >= 4 is 23.9 Å². The number of likely N-dealkylation sites (tertiary alicyclic amines) is 1. The molecule has 42 heavy (non-hydrogen) atoms. The summed E-state index contributed by atoms with van der Waals surface area (Å²) < 4.78 is 95.2. The van der Waals surface area contributed by atoms with Gasteiger partial charge in [-0.25, -0.2) is 24.4 Å². The summed E-state index contributed by atoms with van der Waals surface area (Å²) in [6, 6.07) is 6.04. The highest BCUT2D eigenvalue weighted by molar-refractivity contribution is 5.73. The van der Waals surface area contributed by atoms with E-state index in [1.54, 1.807) is 0 Å². The Hall–Kier alpha value is -4.23. The molecule has 0 aromatic carbocycles. The summed E-state index contributed by atoms with van der Waals surface area (Å²) in [6.07, 6.45) is -7.80. The monoisotopic (exact) mass is 623 g/mol. The summed E-state index contributed by atoms with van der Waals surface area (Å²) in [4.78, 5) is 44.5. The molecule has 11 nitrogen and oxygen atoms in total. The van der Waals surface area contributed by atoms with Gasteiger partial charge in [0, 0.05) is 57.5 Å². The molecule has 0 spiro atoms. The Morgan fingerprint density at radius 2 is 1.12 bits per heavy atom. The molecule has 2 unspecified atom stereocenters. The van der Waals surface area contributed by atoms with Crippen molar-refractivity contribution in [2.75, 3.05) is 31.1 Å². The lowest BCUT2D eigenvalue weighted by molar-refractivity contribution is -0.193. The van der Waals surface area contributed by atoms with Crippen LogP contribution in [0.2, 0.25) is 0 Å². The standard InChI is InChI=1S/C16H19N5.3C2HF3O2/c1-3-13(7-17-4-1)8-20-9-14-11-21(12-15(14)10-20)16-18-5-2-6-19-16;3*3-2(4,5)1(6)7/h1-7,14-15H,8-12H2;3*(H,6,7). The number of pyridine rings is 1. The van der Waals surface area contributed by atoms with E-state index in [2.05, 4.69) is 30.8 Å². The number of carboxylic acids is 3. The highest BCUT2D eigenvalue weighted by Gasteiger charge is 2.41. The Balaban J connectivity index is 0.000000348. The Kier molecular flexibility index (Phi) is 12.9. The summed E-state index contributed by atoms with van der Waals surface area (Å²) in [6.45, 7) is 5.52. The van der Waals surface area contributed by atoms with Crippen LogP contribution in [-0.2, 0) is 20.9 Å². The first-order valence-corrected chi connectivity index (χ1v) is 11.2. The lowest BCUT2D eigenvalue weighted by Gasteiger charge is -2.21. The fourth-order valence-corrected chi connectivity index (χ4v) is 3.59. The van der Waals surface area contributed by atoms with Crippen molar-refractivity contribution in [3.05, 3.63) is 48.5 Å². The van der Waals surface area contributed by atoms with Gasteiger partial charge in [-0.05, 0) is 29.5 Å². The fourth-order valence-electron chi connectivity index (χ4n) is 3.59. The van der Waals surface area contributed by atoms with Crippen LogP contribution in [0.25, 0.3) is 0 Å². The number of fused-ring (bicyclic) bond motifs is 1. The van der Waals surface area contributed by atoms with Crippen molar-refractivity contribution in [2.24, 2.45) is 11.8 Å². The molecule has 0 aliphatic carbocycles. The predicted molar refractivity (Wildman–Crippen MR) is 122 cm³/mol. The van der Waals surface area contributed by atoms with Crippen LogP contribution in [0, 0.1) is 11.8 Å². The van der Waals surface area contributed by atoms with E-state index in [4.69, 9.17) is 29.7 Å². The maximum Gasteiger partial charge on any atom is 0.490 e. The molecule has 2 atom stereocenters. The zero-order chi connectivity index (χ0) is 32.3. The third-order valence-electron chi connectivity index (χ3n) is 5.25. The second-order valence-corrected chi connectivity index (χ2v) is 8.44. The molecule has 4 rings (SSSR count). The Morgan fingerprint density at radius 3 is 1.45 bits per heavy atom. The molecule has 0 saturated carbocycles. The first kappa shape index (κ1) is 35.8. The van der Waals surface area contributed by atoms with Crippen LogP contribution in [-0.4, -0.2) is 97.8 Å². The van der Waals surface area contributed by atoms with Gasteiger partial charge >= 0.3 is 36.4 Å². The van der Waals surface area contributed by atoms with E-state index in [-0.39, 0.29) is 0 Å². The number of rotatable bonds is 3. The van der Waals surface area contributed by atoms with E-state index >= 15 is 0 Å². The summed E-state index contributed by atoms with van der Waals surface area (Å²) >= 11 is 0. The minimum atomic E-state index is -5.08. The van der Waals surface area contributed by atoms with Crippen molar-refractivity contribution in [1.82, 2.24) is 19.9 Å². The van der Waals surface area contributed by atoms with Gasteiger partial charge in [0.2, 0.25) is 5.95 Å². The van der Waals surface area contributed by atoms with Gasteiger partial charge in [0.15, 0.2) is 0 Å². The van der Waals surface area contributed by atoms with E-state index < -0.39 is 36.4 Å². The molecule has 2 fully saturated rings. The molecule has 3 N–H and O–H groups in total. The molecule has 4 heterocycles. The molecule has 2 aliphatic rings. The third-order valence-corrected chi connectivity index (χ3v) is 5.25. The summed E-state index contributed by atoms with van der Waals surface area (Å²) in [7, 11) is 0. The van der Waals surface area contributed by atoms with Gasteiger partial charge in [-0.15, -0.1) is 0 Å². The number of anilines is 1. The largest absolute Gasteiger partial charge is 0.490 e. The predicted octanol–water partition coefficient (Wildman–Crippen LogP) is 3.34. The number of halogens is 9. The van der Waals surface area contributed by atoms with Crippen molar-refractivity contribution in [2.45, 2.75) is 25.1 Å². The average Bonchev–Trinajstić information content (AvgIpc) is 3.43. The molecular formula is C22H22F9N5O6. The van der Waals surface area contributed by atoms with Crippen LogP contribution < -0.4 is 4.90 Å². The summed E-state index contributed by atoms with van der Waals surface area (Å²) in [5, 5.41) is 21.4. The Morgan fingerprint density at radius 1 is 0.714 bits per heavy atom. The van der Waals surface area contributed by atoms with Crippen LogP contribution >= 0.6 is 0 Å². The molecule has 0 radical (unpaired) electrons. The normalized spacial score (nSPS) is 18.3. The lowest BCUT2D eigenvalue weighted by atomic mass is 10.0. The van der Waals surface area contributed by atoms with Crippen molar-refractivity contribution in [3.8, 4) is 0 Å². The van der Waals surface area contributed by atoms with E-state index in [0.717, 1.165) is 37.4 Å². The highest BCUT2D eigenvalue weighted by Crippen LogP contribution is 2.33. The number of hydrogen-bond acceptors (Lipinski definition) is 8. The van der Waals surface area contributed by atoms with E-state index in [0.29, 0.717) is 0 Å². The molecular weight excluding hydrogens is 601 g/mol. The van der Waals surface area contributed by atoms with E-state index in [1.807, 2.05) is 36.9 Å². The van der Waals surface area contributed by atoms with Gasteiger partial charge in [0.25, 0.3) is 0 Å². The van der Waals surface area contributed by atoms with Crippen LogP contribution in [0.3, 0.4) is 0 Å². The van der Waals surface area contributed by atoms with Gasteiger partial charge in [-0.1, -0.05) is 6.07 Å². The maximum atomic E-state index is 10.6. The quantitative estimate of drug-likeness (QED) is 0.431. The summed E-state index contributed by atoms with van der Waals surface area (Å²) in [5.74, 6) is -5.91. The molecule has 234 valence electrons. The van der Waals surface area contributed by atoms with Gasteiger partial charge in [0.05, 0.1) is 0 Å². The zero-order valence-electron chi connectivity index (χ0n) is 20.9. The summed E-state index contributed by atoms with van der Waals surface area (Å²) in [5.41, 5.74) is 1.31. The van der Waals surface area contributed by atoms with E-state index in [9.17, 15) is 39.5 Å². The number of aliphatic carboxylic acids is 3.